The number of hydrogen-bond donors (Lipinski definition) is 0. The molecule has 1 unspecified atom stereocenters. The topological polar surface area (TPSA) is 23.8 Å². The Hall–Kier alpha value is -1.98. The van der Waals surface area contributed by atoms with E-state index in [0.29, 0.717) is 5.75 Å². The molecule has 0 saturated carbocycles. The van der Waals surface area contributed by atoms with Gasteiger partial charge in [-0.05, 0) is 11.1 Å². The van der Waals surface area contributed by atoms with E-state index in [9.17, 15) is 0 Å². The van der Waals surface area contributed by atoms with Crippen LogP contribution in [0.2, 0.25) is 0 Å². The molecule has 2 aromatic carbocycles. The minimum absolute atomic E-state index is 0.223. The lowest BCUT2D eigenvalue weighted by Gasteiger charge is -2.10. The lowest BCUT2D eigenvalue weighted by atomic mass is 10.1. The van der Waals surface area contributed by atoms with Gasteiger partial charge in [-0.3, -0.25) is 0 Å². The normalized spacial score (nSPS) is 12.2. The van der Waals surface area contributed by atoms with Crippen molar-refractivity contribution in [3.63, 3.8) is 0 Å². The Labute approximate surface area is 118 Å². The molecule has 1 nitrogen and oxygen atoms in total. The molecule has 19 heavy (non-hydrogen) atoms. The molecule has 0 radical (unpaired) electrons. The zero-order valence-electron chi connectivity index (χ0n) is 10.6. The summed E-state index contributed by atoms with van der Waals surface area (Å²) in [6, 6.07) is 22.7. The highest BCUT2D eigenvalue weighted by Gasteiger charge is 2.07. The van der Waals surface area contributed by atoms with Crippen molar-refractivity contribution in [2.75, 3.05) is 5.75 Å². The fraction of sp³-hybridized carbons (Fsp3) is 0.118. The van der Waals surface area contributed by atoms with Crippen LogP contribution < -0.4 is 0 Å². The van der Waals surface area contributed by atoms with Crippen LogP contribution in [0.5, 0.6) is 0 Å². The molecule has 2 rings (SSSR count). The fourth-order valence-corrected chi connectivity index (χ4v) is 2.59. The van der Waals surface area contributed by atoms with Crippen molar-refractivity contribution in [2.24, 2.45) is 0 Å². The van der Waals surface area contributed by atoms with E-state index in [1.54, 1.807) is 11.8 Å². The standard InChI is InChI=1S/C17H15NS/c18-13-14-19-17(16-9-5-2-6-10-16)12-11-15-7-3-1-4-8-15/h1-12,17H,14H2. The first-order chi connectivity index (χ1) is 9.40. The average molecular weight is 265 g/mol. The zero-order chi connectivity index (χ0) is 13.3. The maximum atomic E-state index is 8.75. The van der Waals surface area contributed by atoms with Crippen LogP contribution in [0.1, 0.15) is 16.4 Å². The number of hydrogen-bond acceptors (Lipinski definition) is 2. The second-order valence-electron chi connectivity index (χ2n) is 4.07. The molecule has 0 aliphatic carbocycles. The summed E-state index contributed by atoms with van der Waals surface area (Å²) >= 11 is 1.65. The minimum atomic E-state index is 0.223. The monoisotopic (exact) mass is 265 g/mol. The van der Waals surface area contributed by atoms with Crippen molar-refractivity contribution in [1.82, 2.24) is 0 Å². The Balaban J connectivity index is 2.15. The number of nitrogens with zero attached hydrogens (tertiary/aromatic N) is 1. The zero-order valence-corrected chi connectivity index (χ0v) is 11.4. The second kappa shape index (κ2) is 7.45. The predicted molar refractivity (Wildman–Crippen MR) is 82.7 cm³/mol. The van der Waals surface area contributed by atoms with E-state index in [1.807, 2.05) is 36.4 Å². The molecule has 0 aliphatic heterocycles. The summed E-state index contributed by atoms with van der Waals surface area (Å²) in [7, 11) is 0. The van der Waals surface area contributed by atoms with E-state index in [2.05, 4.69) is 42.5 Å². The summed E-state index contributed by atoms with van der Waals surface area (Å²) in [4.78, 5) is 0. The first-order valence-electron chi connectivity index (χ1n) is 6.17. The SMILES string of the molecule is N#CCSC(C=Cc1ccccc1)c1ccccc1. The number of rotatable bonds is 5. The Morgan fingerprint density at radius 2 is 1.63 bits per heavy atom. The van der Waals surface area contributed by atoms with Crippen LogP contribution in [0.3, 0.4) is 0 Å². The Morgan fingerprint density at radius 3 is 2.26 bits per heavy atom. The maximum Gasteiger partial charge on any atom is 0.0817 e. The van der Waals surface area contributed by atoms with Gasteiger partial charge in [-0.25, -0.2) is 0 Å². The van der Waals surface area contributed by atoms with Gasteiger partial charge >= 0.3 is 0 Å². The second-order valence-corrected chi connectivity index (χ2v) is 5.20. The van der Waals surface area contributed by atoms with E-state index >= 15 is 0 Å². The van der Waals surface area contributed by atoms with Gasteiger partial charge in [0.05, 0.1) is 11.8 Å². The van der Waals surface area contributed by atoms with Crippen molar-refractivity contribution in [3.05, 3.63) is 77.9 Å². The summed E-state index contributed by atoms with van der Waals surface area (Å²) in [5, 5.41) is 8.98. The Bertz CT molecular complexity index is 555. The molecule has 2 aromatic rings. The number of benzene rings is 2. The lowest BCUT2D eigenvalue weighted by molar-refractivity contribution is 1.24. The lowest BCUT2D eigenvalue weighted by Crippen LogP contribution is -1.90. The van der Waals surface area contributed by atoms with Crippen LogP contribution in [-0.4, -0.2) is 5.75 Å². The van der Waals surface area contributed by atoms with Gasteiger partial charge in [0.15, 0.2) is 0 Å². The fourth-order valence-electron chi connectivity index (χ4n) is 1.80. The smallest absolute Gasteiger partial charge is 0.0817 e. The molecule has 94 valence electrons. The van der Waals surface area contributed by atoms with E-state index < -0.39 is 0 Å². The third kappa shape index (κ3) is 4.31. The van der Waals surface area contributed by atoms with Gasteiger partial charge in [0.2, 0.25) is 0 Å². The van der Waals surface area contributed by atoms with Gasteiger partial charge in [0, 0.05) is 5.25 Å². The first kappa shape index (κ1) is 13.5. The summed E-state index contributed by atoms with van der Waals surface area (Å²) in [6.07, 6.45) is 4.27. The van der Waals surface area contributed by atoms with Crippen molar-refractivity contribution >= 4 is 17.8 Å². The van der Waals surface area contributed by atoms with Crippen LogP contribution in [0.4, 0.5) is 0 Å². The van der Waals surface area contributed by atoms with Crippen molar-refractivity contribution < 1.29 is 0 Å². The van der Waals surface area contributed by atoms with Crippen LogP contribution in [0.25, 0.3) is 6.08 Å². The molecule has 0 fully saturated rings. The van der Waals surface area contributed by atoms with E-state index in [0.717, 1.165) is 0 Å². The summed E-state index contributed by atoms with van der Waals surface area (Å²) in [5.74, 6) is 0.499. The number of thioether (sulfide) groups is 1. The third-order valence-corrected chi connectivity index (χ3v) is 3.80. The van der Waals surface area contributed by atoms with Crippen molar-refractivity contribution in [3.8, 4) is 6.07 Å². The van der Waals surface area contributed by atoms with E-state index in [-0.39, 0.29) is 5.25 Å². The quantitative estimate of drug-likeness (QED) is 0.782. The van der Waals surface area contributed by atoms with Crippen LogP contribution in [0.15, 0.2) is 66.7 Å². The summed E-state index contributed by atoms with van der Waals surface area (Å²) in [5.41, 5.74) is 2.41. The average Bonchev–Trinajstić information content (AvgIpc) is 2.49. The first-order valence-corrected chi connectivity index (χ1v) is 7.22. The molecule has 0 aliphatic rings. The minimum Gasteiger partial charge on any atom is -0.197 e. The summed E-state index contributed by atoms with van der Waals surface area (Å²) < 4.78 is 0. The van der Waals surface area contributed by atoms with Crippen LogP contribution in [-0.2, 0) is 0 Å². The largest absolute Gasteiger partial charge is 0.197 e. The number of nitriles is 1. The highest BCUT2D eigenvalue weighted by atomic mass is 32.2. The molecule has 0 saturated heterocycles. The molecular weight excluding hydrogens is 250 g/mol. The molecule has 0 spiro atoms. The van der Waals surface area contributed by atoms with Gasteiger partial charge < -0.3 is 0 Å². The Morgan fingerprint density at radius 1 is 1.00 bits per heavy atom. The van der Waals surface area contributed by atoms with Gasteiger partial charge in [0.25, 0.3) is 0 Å². The van der Waals surface area contributed by atoms with Gasteiger partial charge in [-0.15, -0.1) is 11.8 Å². The molecule has 2 heteroatoms. The molecule has 0 aromatic heterocycles. The predicted octanol–water partition coefficient (Wildman–Crippen LogP) is 4.70. The van der Waals surface area contributed by atoms with Crippen molar-refractivity contribution in [1.29, 1.82) is 5.26 Å². The highest BCUT2D eigenvalue weighted by molar-refractivity contribution is 7.99. The molecule has 0 amide bonds. The molecule has 0 N–H and O–H groups in total. The van der Waals surface area contributed by atoms with E-state index in [4.69, 9.17) is 5.26 Å². The Kier molecular flexibility index (Phi) is 5.28. The van der Waals surface area contributed by atoms with Crippen LogP contribution in [0, 0.1) is 11.3 Å². The molecule has 0 heterocycles. The van der Waals surface area contributed by atoms with Gasteiger partial charge in [-0.2, -0.15) is 5.26 Å². The highest BCUT2D eigenvalue weighted by Crippen LogP contribution is 2.30. The van der Waals surface area contributed by atoms with Crippen LogP contribution >= 0.6 is 11.8 Å². The molecular formula is C17H15NS. The summed E-state index contributed by atoms with van der Waals surface area (Å²) in [6.45, 7) is 0. The third-order valence-electron chi connectivity index (χ3n) is 2.72. The van der Waals surface area contributed by atoms with Crippen molar-refractivity contribution in [2.45, 2.75) is 5.25 Å². The van der Waals surface area contributed by atoms with Gasteiger partial charge in [0.1, 0.15) is 0 Å². The van der Waals surface area contributed by atoms with Gasteiger partial charge in [-0.1, -0.05) is 72.8 Å². The molecule has 1 atom stereocenters. The maximum absolute atomic E-state index is 8.75. The van der Waals surface area contributed by atoms with E-state index in [1.165, 1.54) is 11.1 Å². The molecule has 0 bridgehead atoms.